The molecule has 4 heterocycles. The smallest absolute Gasteiger partial charge is 0.323 e. The fourth-order valence-electron chi connectivity index (χ4n) is 8.70. The van der Waals surface area contributed by atoms with E-state index in [9.17, 15) is 29.3 Å². The van der Waals surface area contributed by atoms with Gasteiger partial charge in [-0.2, -0.15) is 5.10 Å². The quantitative estimate of drug-likeness (QED) is 0.0620. The number of hydrogen-bond acceptors (Lipinski definition) is 10. The molecule has 4 amide bonds. The van der Waals surface area contributed by atoms with Gasteiger partial charge >= 0.3 is 6.03 Å². The first kappa shape index (κ1) is 43.9. The summed E-state index contributed by atoms with van der Waals surface area (Å²) in [5.74, 6) is 0.255. The van der Waals surface area contributed by atoms with Gasteiger partial charge in [-0.3, -0.25) is 29.5 Å². The number of benzene rings is 4. The van der Waals surface area contributed by atoms with Crippen LogP contribution in [0, 0.1) is 27.8 Å². The maximum Gasteiger partial charge on any atom is 0.323 e. The molecule has 1 saturated carbocycles. The minimum Gasteiger partial charge on any atom is -0.379 e. The lowest BCUT2D eigenvalue weighted by Gasteiger charge is -2.35. The van der Waals surface area contributed by atoms with Crippen LogP contribution in [0.15, 0.2) is 94.7 Å². The minimum absolute atomic E-state index is 0.0400. The van der Waals surface area contributed by atoms with Crippen molar-refractivity contribution >= 4 is 62.9 Å². The van der Waals surface area contributed by atoms with Crippen molar-refractivity contribution in [2.75, 3.05) is 50.0 Å². The van der Waals surface area contributed by atoms with Gasteiger partial charge in [-0.25, -0.2) is 18.9 Å². The van der Waals surface area contributed by atoms with Crippen molar-refractivity contribution < 1.29 is 28.4 Å². The van der Waals surface area contributed by atoms with E-state index in [1.807, 2.05) is 30.5 Å². The molecule has 0 radical (unpaired) electrons. The van der Waals surface area contributed by atoms with Gasteiger partial charge in [-0.1, -0.05) is 37.3 Å². The topological polar surface area (TPSA) is 199 Å². The van der Waals surface area contributed by atoms with Crippen molar-refractivity contribution in [1.29, 1.82) is 0 Å². The van der Waals surface area contributed by atoms with E-state index in [1.54, 1.807) is 46.2 Å². The lowest BCUT2D eigenvalue weighted by Crippen LogP contribution is -2.51. The van der Waals surface area contributed by atoms with Crippen LogP contribution in [0.5, 0.6) is 0 Å². The lowest BCUT2D eigenvalue weighted by molar-refractivity contribution is -0.384. The maximum atomic E-state index is 15.2. The van der Waals surface area contributed by atoms with Gasteiger partial charge < -0.3 is 29.7 Å². The number of nitro benzene ring substituents is 1. The van der Waals surface area contributed by atoms with Crippen LogP contribution in [-0.4, -0.2) is 97.5 Å². The van der Waals surface area contributed by atoms with E-state index in [1.165, 1.54) is 28.9 Å². The second-order valence-electron chi connectivity index (χ2n) is 17.1. The van der Waals surface area contributed by atoms with Crippen LogP contribution in [0.4, 0.5) is 26.2 Å². The SMILES string of the molecule is CC1CC=NC1c1nc2ccc(NC(=O)Nc3cccc([N+](=O)[O-])c3)cc2n1CCCOCCn1nc(Cc2ccc(F)c(C(=O)N3CCN(C(=O)C4CC4)CC3)c2)c2ccccc2c1=O. The number of carbonyl (C=O) groups excluding carboxylic acids is 3. The summed E-state index contributed by atoms with van der Waals surface area (Å²) < 4.78 is 24.8. The van der Waals surface area contributed by atoms with Crippen molar-refractivity contribution in [3.05, 3.63) is 134 Å². The average Bonchev–Trinajstić information content (AvgIpc) is 4.00. The molecular weight excluding hydrogens is 848 g/mol. The van der Waals surface area contributed by atoms with Crippen LogP contribution in [-0.2, 0) is 29.0 Å². The van der Waals surface area contributed by atoms with Crippen molar-refractivity contribution in [1.82, 2.24) is 29.1 Å². The molecule has 9 rings (SSSR count). The molecule has 2 unspecified atom stereocenters. The number of nitrogens with one attached hydrogen (secondary N) is 2. The van der Waals surface area contributed by atoms with Gasteiger partial charge in [0.05, 0.1) is 45.8 Å². The highest BCUT2D eigenvalue weighted by Gasteiger charge is 2.35. The third-order valence-corrected chi connectivity index (χ3v) is 12.4. The molecule has 17 nitrogen and oxygen atoms in total. The molecule has 0 spiro atoms. The lowest BCUT2D eigenvalue weighted by atomic mass is 10.0. The highest BCUT2D eigenvalue weighted by Crippen LogP contribution is 2.35. The number of carbonyl (C=O) groups is 3. The van der Waals surface area contributed by atoms with Gasteiger partial charge in [0.2, 0.25) is 5.91 Å². The number of aliphatic imine (C=N–C) groups is 1. The van der Waals surface area contributed by atoms with Gasteiger partial charge in [0.15, 0.2) is 0 Å². The normalized spacial score (nSPS) is 17.1. The first-order valence-electron chi connectivity index (χ1n) is 22.3. The van der Waals surface area contributed by atoms with Crippen LogP contribution in [0.25, 0.3) is 21.8 Å². The molecule has 4 aromatic carbocycles. The molecule has 18 heteroatoms. The number of aromatic nitrogens is 4. The Morgan fingerprint density at radius 2 is 1.64 bits per heavy atom. The predicted octanol–water partition coefficient (Wildman–Crippen LogP) is 6.98. The van der Waals surface area contributed by atoms with Crippen LogP contribution in [0.2, 0.25) is 0 Å². The fraction of sp³-hybridized carbons (Fsp3) is 0.354. The number of piperazine rings is 1. The molecule has 340 valence electrons. The minimum atomic E-state index is -0.623. The predicted molar refractivity (Wildman–Crippen MR) is 246 cm³/mol. The van der Waals surface area contributed by atoms with Crippen LogP contribution < -0.4 is 16.2 Å². The first-order valence-corrected chi connectivity index (χ1v) is 22.3. The number of rotatable bonds is 15. The molecule has 66 heavy (non-hydrogen) atoms. The number of anilines is 2. The van der Waals surface area contributed by atoms with Gasteiger partial charge in [-0.05, 0) is 85.8 Å². The van der Waals surface area contributed by atoms with Gasteiger partial charge in [-0.15, -0.1) is 0 Å². The number of hydrogen-bond donors (Lipinski definition) is 2. The number of non-ortho nitro benzene ring substituents is 1. The summed E-state index contributed by atoms with van der Waals surface area (Å²) in [6.07, 6.45) is 5.43. The number of fused-ring (bicyclic) bond motifs is 2. The number of amides is 4. The zero-order chi connectivity index (χ0) is 45.9. The molecule has 3 aliphatic rings. The number of nitro groups is 1. The van der Waals surface area contributed by atoms with Crippen molar-refractivity contribution in [3.8, 4) is 0 Å². The zero-order valence-corrected chi connectivity index (χ0v) is 36.4. The molecule has 2 fully saturated rings. The number of halogens is 1. The average molecular weight is 897 g/mol. The van der Waals surface area contributed by atoms with E-state index in [4.69, 9.17) is 19.8 Å². The van der Waals surface area contributed by atoms with Crippen LogP contribution >= 0.6 is 0 Å². The Hall–Kier alpha value is -7.34. The first-order chi connectivity index (χ1) is 32.0. The molecule has 2 aromatic heterocycles. The van der Waals surface area contributed by atoms with E-state index < -0.39 is 22.7 Å². The van der Waals surface area contributed by atoms with Gasteiger partial charge in [0.25, 0.3) is 17.2 Å². The zero-order valence-electron chi connectivity index (χ0n) is 36.4. The highest BCUT2D eigenvalue weighted by molar-refractivity contribution is 6.01. The Morgan fingerprint density at radius 3 is 2.38 bits per heavy atom. The van der Waals surface area contributed by atoms with E-state index in [2.05, 4.69) is 22.1 Å². The molecule has 1 saturated heterocycles. The summed E-state index contributed by atoms with van der Waals surface area (Å²) in [6, 6.07) is 22.1. The van der Waals surface area contributed by atoms with E-state index in [-0.39, 0.29) is 65.9 Å². The van der Waals surface area contributed by atoms with E-state index >= 15 is 4.39 Å². The van der Waals surface area contributed by atoms with E-state index in [0.717, 1.165) is 36.1 Å². The molecule has 1 aliphatic carbocycles. The van der Waals surface area contributed by atoms with E-state index in [0.29, 0.717) is 73.5 Å². The Bertz CT molecular complexity index is 2940. The number of aryl methyl sites for hydroxylation is 1. The Balaban J connectivity index is 0.849. The summed E-state index contributed by atoms with van der Waals surface area (Å²) >= 11 is 0. The molecule has 2 atom stereocenters. The summed E-state index contributed by atoms with van der Waals surface area (Å²) in [5, 5.41) is 22.6. The van der Waals surface area contributed by atoms with Crippen LogP contribution in [0.3, 0.4) is 0 Å². The highest BCUT2D eigenvalue weighted by atomic mass is 19.1. The van der Waals surface area contributed by atoms with Crippen LogP contribution in [0.1, 0.15) is 66.1 Å². The molecule has 6 aromatic rings. The summed E-state index contributed by atoms with van der Waals surface area (Å²) in [5.41, 5.74) is 3.14. The Labute approximate surface area is 378 Å². The summed E-state index contributed by atoms with van der Waals surface area (Å²) in [7, 11) is 0. The van der Waals surface area contributed by atoms with Crippen molar-refractivity contribution in [2.45, 2.75) is 58.2 Å². The summed E-state index contributed by atoms with van der Waals surface area (Å²) in [4.78, 5) is 76.4. The second kappa shape index (κ2) is 19.0. The third-order valence-electron chi connectivity index (χ3n) is 12.4. The second-order valence-corrected chi connectivity index (χ2v) is 17.1. The summed E-state index contributed by atoms with van der Waals surface area (Å²) in [6.45, 7) is 4.95. The van der Waals surface area contributed by atoms with Gasteiger partial charge in [0, 0.05) is 80.6 Å². The van der Waals surface area contributed by atoms with Crippen molar-refractivity contribution in [3.63, 3.8) is 0 Å². The number of urea groups is 1. The Morgan fingerprint density at radius 1 is 0.879 bits per heavy atom. The number of imidazole rings is 1. The van der Waals surface area contributed by atoms with Gasteiger partial charge in [0.1, 0.15) is 17.7 Å². The monoisotopic (exact) mass is 896 g/mol. The third kappa shape index (κ3) is 9.54. The molecular formula is C48H49FN10O7. The fourth-order valence-corrected chi connectivity index (χ4v) is 8.70. The maximum absolute atomic E-state index is 15.2. The molecule has 2 aliphatic heterocycles. The standard InChI is InChI=1S/C48H49FN10O7/c1-30-16-17-50-43(30)44-53-40-15-13-34(52-48(63)51-33-6-4-7-35(28-33)59(64)65)29-42(40)57(44)18-5-24-66-25-23-58-47(62)37-9-3-2-8-36(37)41(54-58)27-31-10-14-39(49)38(26-31)46(61)56-21-19-55(20-22-56)45(60)32-11-12-32/h2-4,6-10,13-15,17,26,28-30,32,43H,5,11-12,16,18-25,27H2,1H3,(H2,51,52,63). The Kier molecular flexibility index (Phi) is 12.6. The number of nitrogens with zero attached hydrogens (tertiary/aromatic N) is 8. The largest absolute Gasteiger partial charge is 0.379 e. The molecule has 0 bridgehead atoms. The van der Waals surface area contributed by atoms with Crippen molar-refractivity contribution in [2.24, 2.45) is 16.8 Å². The number of ether oxygens (including phenoxy) is 1. The molecule has 2 N–H and O–H groups in total.